The normalized spacial score (nSPS) is 16.6. The monoisotopic (exact) mass is 533 g/mol. The summed E-state index contributed by atoms with van der Waals surface area (Å²) >= 11 is 0. The van der Waals surface area contributed by atoms with Crippen molar-refractivity contribution in [3.8, 4) is 5.69 Å². The summed E-state index contributed by atoms with van der Waals surface area (Å²) in [6.07, 6.45) is -0.338. The van der Waals surface area contributed by atoms with Gasteiger partial charge in [0, 0.05) is 25.5 Å². The molecule has 38 heavy (non-hydrogen) atoms. The molecule has 4 aromatic rings. The maximum absolute atomic E-state index is 13.5. The molecule has 1 fully saturated rings. The van der Waals surface area contributed by atoms with Gasteiger partial charge in [0.2, 0.25) is 5.91 Å². The Hall–Kier alpha value is -4.07. The van der Waals surface area contributed by atoms with E-state index in [4.69, 9.17) is 0 Å². The number of likely N-dealkylation sites (tertiary alicyclic amines) is 1. The maximum Gasteiger partial charge on any atom is 0.411 e. The van der Waals surface area contributed by atoms with Crippen molar-refractivity contribution >= 4 is 16.9 Å². The Morgan fingerprint density at radius 1 is 1.13 bits per heavy atom. The molecule has 200 valence electrons. The average molecular weight is 533 g/mol. The van der Waals surface area contributed by atoms with E-state index in [2.05, 4.69) is 15.2 Å². The molecule has 0 saturated carbocycles. The number of nitrogens with zero attached hydrogens (tertiary/aromatic N) is 7. The highest BCUT2D eigenvalue weighted by atomic mass is 19.4. The van der Waals surface area contributed by atoms with Gasteiger partial charge in [-0.25, -0.2) is 14.1 Å². The molecule has 4 heterocycles. The van der Waals surface area contributed by atoms with Crippen molar-refractivity contribution in [2.75, 3.05) is 13.1 Å². The summed E-state index contributed by atoms with van der Waals surface area (Å²) in [6.45, 7) is -0.0468. The summed E-state index contributed by atoms with van der Waals surface area (Å²) in [6, 6.07) is 4.79. The SMILES string of the molecule is O=C(C[C@@H](n1cccn1)C(F)(F)F)N1CCC(O)(Cn2cnc3c(cnn3-c3ccc(F)cc3)c2=O)CC1. The molecule has 1 aliphatic heterocycles. The minimum Gasteiger partial charge on any atom is -0.388 e. The van der Waals surface area contributed by atoms with E-state index in [1.165, 1.54) is 63.2 Å². The highest BCUT2D eigenvalue weighted by Gasteiger charge is 2.44. The van der Waals surface area contributed by atoms with Crippen LogP contribution in [0.5, 0.6) is 0 Å². The summed E-state index contributed by atoms with van der Waals surface area (Å²) < 4.78 is 57.1. The summed E-state index contributed by atoms with van der Waals surface area (Å²) in [4.78, 5) is 31.3. The molecule has 1 atom stereocenters. The van der Waals surface area contributed by atoms with Crippen molar-refractivity contribution in [1.29, 1.82) is 0 Å². The first-order valence-electron chi connectivity index (χ1n) is 11.8. The van der Waals surface area contributed by atoms with E-state index in [0.29, 0.717) is 10.4 Å². The zero-order valence-electron chi connectivity index (χ0n) is 19.9. The van der Waals surface area contributed by atoms with Crippen LogP contribution < -0.4 is 5.56 Å². The Balaban J connectivity index is 1.26. The van der Waals surface area contributed by atoms with Gasteiger partial charge in [-0.3, -0.25) is 18.8 Å². The van der Waals surface area contributed by atoms with E-state index in [1.54, 1.807) is 0 Å². The van der Waals surface area contributed by atoms with Crippen LogP contribution in [0.2, 0.25) is 0 Å². The van der Waals surface area contributed by atoms with Crippen LogP contribution in [0.15, 0.2) is 60.0 Å². The van der Waals surface area contributed by atoms with Crippen LogP contribution >= 0.6 is 0 Å². The number of fused-ring (bicyclic) bond motifs is 1. The number of rotatable bonds is 6. The molecule has 0 aliphatic carbocycles. The zero-order chi connectivity index (χ0) is 27.1. The van der Waals surface area contributed by atoms with E-state index in [9.17, 15) is 32.3 Å². The number of carbonyl (C=O) groups excluding carboxylic acids is 1. The fourth-order valence-corrected chi connectivity index (χ4v) is 4.60. The number of hydrogen-bond acceptors (Lipinski definition) is 6. The van der Waals surface area contributed by atoms with E-state index in [0.717, 1.165) is 6.20 Å². The number of piperidine rings is 1. The molecule has 1 aromatic carbocycles. The van der Waals surface area contributed by atoms with Crippen molar-refractivity contribution in [2.45, 2.75) is 43.6 Å². The van der Waals surface area contributed by atoms with Gasteiger partial charge in [0.15, 0.2) is 11.7 Å². The third-order valence-electron chi connectivity index (χ3n) is 6.73. The third kappa shape index (κ3) is 5.03. The topological polar surface area (TPSA) is 111 Å². The van der Waals surface area contributed by atoms with Gasteiger partial charge in [0.05, 0.1) is 30.5 Å². The van der Waals surface area contributed by atoms with Gasteiger partial charge in [-0.15, -0.1) is 0 Å². The zero-order valence-corrected chi connectivity index (χ0v) is 19.9. The van der Waals surface area contributed by atoms with Crippen molar-refractivity contribution in [2.24, 2.45) is 0 Å². The first-order chi connectivity index (χ1) is 18.0. The van der Waals surface area contributed by atoms with Gasteiger partial charge in [-0.05, 0) is 43.2 Å². The summed E-state index contributed by atoms with van der Waals surface area (Å²) in [5.41, 5.74) is -1.03. The highest BCUT2D eigenvalue weighted by Crippen LogP contribution is 2.34. The first-order valence-corrected chi connectivity index (χ1v) is 11.8. The van der Waals surface area contributed by atoms with Crippen LogP contribution in [0.3, 0.4) is 0 Å². The molecule has 5 rings (SSSR count). The molecular weight excluding hydrogens is 510 g/mol. The molecule has 0 bridgehead atoms. The molecule has 0 radical (unpaired) electrons. The largest absolute Gasteiger partial charge is 0.411 e. The molecule has 1 aliphatic rings. The fourth-order valence-electron chi connectivity index (χ4n) is 4.60. The van der Waals surface area contributed by atoms with E-state index < -0.39 is 41.5 Å². The summed E-state index contributed by atoms with van der Waals surface area (Å²) in [5, 5.41) is 19.1. The van der Waals surface area contributed by atoms with Crippen LogP contribution in [0.1, 0.15) is 25.3 Å². The molecule has 1 N–H and O–H groups in total. The molecule has 14 heteroatoms. The molecule has 0 unspecified atom stereocenters. The van der Waals surface area contributed by atoms with Crippen molar-refractivity contribution < 1.29 is 27.5 Å². The van der Waals surface area contributed by atoms with Crippen LogP contribution in [-0.4, -0.2) is 69.9 Å². The summed E-state index contributed by atoms with van der Waals surface area (Å²) in [5.74, 6) is -1.11. The van der Waals surface area contributed by atoms with Gasteiger partial charge >= 0.3 is 6.18 Å². The van der Waals surface area contributed by atoms with Crippen molar-refractivity contribution in [1.82, 2.24) is 34.0 Å². The van der Waals surface area contributed by atoms with Gasteiger partial charge in [-0.2, -0.15) is 23.4 Å². The lowest BCUT2D eigenvalue weighted by atomic mass is 9.91. The predicted octanol–water partition coefficient (Wildman–Crippen LogP) is 2.47. The van der Waals surface area contributed by atoms with Gasteiger partial charge in [0.25, 0.3) is 5.56 Å². The second-order valence-electron chi connectivity index (χ2n) is 9.30. The predicted molar refractivity (Wildman–Crippen MR) is 126 cm³/mol. The molecular formula is C24H23F4N7O3. The second-order valence-corrected chi connectivity index (χ2v) is 9.30. The number of alkyl halides is 3. The smallest absolute Gasteiger partial charge is 0.388 e. The Labute approximate surface area is 212 Å². The van der Waals surface area contributed by atoms with Crippen LogP contribution in [0, 0.1) is 5.82 Å². The van der Waals surface area contributed by atoms with Crippen LogP contribution in [0.4, 0.5) is 17.6 Å². The standard InChI is InChI=1S/C24H23F4N7O3/c25-16-2-4-17(5-3-16)35-21-18(13-31-35)22(37)33(15-29-21)14-23(38)6-10-32(11-7-23)20(36)12-19(24(26,27)28)34-9-1-8-30-34/h1-5,8-9,13,15,19,38H,6-7,10-12,14H2/t19-/m1/s1. The molecule has 10 nitrogen and oxygen atoms in total. The van der Waals surface area contributed by atoms with Crippen molar-refractivity contribution in [3.05, 3.63) is 71.4 Å². The minimum absolute atomic E-state index is 0.0337. The van der Waals surface area contributed by atoms with Crippen LogP contribution in [-0.2, 0) is 11.3 Å². The fraction of sp³-hybridized carbons (Fsp3) is 0.375. The number of hydrogen-bond donors (Lipinski definition) is 1. The lowest BCUT2D eigenvalue weighted by Crippen LogP contribution is -2.50. The van der Waals surface area contributed by atoms with Crippen molar-refractivity contribution in [3.63, 3.8) is 0 Å². The second kappa shape index (κ2) is 9.67. The molecule has 1 saturated heterocycles. The Morgan fingerprint density at radius 3 is 2.47 bits per heavy atom. The van der Waals surface area contributed by atoms with Gasteiger partial charge in [-0.1, -0.05) is 0 Å². The number of halogens is 4. The van der Waals surface area contributed by atoms with E-state index in [-0.39, 0.29) is 43.5 Å². The number of carbonyl (C=O) groups is 1. The van der Waals surface area contributed by atoms with Gasteiger partial charge in [0.1, 0.15) is 17.5 Å². The Morgan fingerprint density at radius 2 is 1.84 bits per heavy atom. The lowest BCUT2D eigenvalue weighted by molar-refractivity contribution is -0.178. The average Bonchev–Trinajstić information content (AvgIpc) is 3.55. The number of aliphatic hydroxyl groups is 1. The third-order valence-corrected chi connectivity index (χ3v) is 6.73. The lowest BCUT2D eigenvalue weighted by Gasteiger charge is -2.38. The number of benzene rings is 1. The van der Waals surface area contributed by atoms with Gasteiger partial charge < -0.3 is 10.0 Å². The highest BCUT2D eigenvalue weighted by molar-refractivity contribution is 5.77. The Bertz CT molecular complexity index is 1490. The quantitative estimate of drug-likeness (QED) is 0.382. The van der Waals surface area contributed by atoms with E-state index >= 15 is 0 Å². The Kier molecular flexibility index (Phi) is 6.51. The van der Waals surface area contributed by atoms with E-state index in [1.807, 2.05) is 0 Å². The maximum atomic E-state index is 13.5. The number of aromatic nitrogens is 6. The molecule has 0 spiro atoms. The first kappa shape index (κ1) is 25.6. The molecule has 1 amide bonds. The summed E-state index contributed by atoms with van der Waals surface area (Å²) in [7, 11) is 0. The minimum atomic E-state index is -4.66. The number of amides is 1. The molecule has 3 aromatic heterocycles. The van der Waals surface area contributed by atoms with Crippen LogP contribution in [0.25, 0.3) is 16.7 Å².